The summed E-state index contributed by atoms with van der Waals surface area (Å²) >= 11 is 0. The highest BCUT2D eigenvalue weighted by molar-refractivity contribution is 5.82. The SMILES string of the molecule is [2H]O[C@H]1C[C@@H](C(=O)OC)N(C(=O)OCc2ccccc2)C1. The topological polar surface area (TPSA) is 76.1 Å². The van der Waals surface area contributed by atoms with Gasteiger partial charge in [-0.25, -0.2) is 9.59 Å². The number of β-amino-alcohol motifs (C(OH)–C–C–N with tert-alkyl or cyclic N) is 1. The van der Waals surface area contributed by atoms with Crippen molar-refractivity contribution in [3.63, 3.8) is 0 Å². The quantitative estimate of drug-likeness (QED) is 0.830. The van der Waals surface area contributed by atoms with E-state index in [1.54, 1.807) is 0 Å². The summed E-state index contributed by atoms with van der Waals surface area (Å²) in [6.07, 6.45) is -0.899. The highest BCUT2D eigenvalue weighted by Crippen LogP contribution is 2.20. The van der Waals surface area contributed by atoms with Gasteiger partial charge in [-0.2, -0.15) is 0 Å². The van der Waals surface area contributed by atoms with E-state index in [-0.39, 0.29) is 19.6 Å². The molecule has 1 heterocycles. The summed E-state index contributed by atoms with van der Waals surface area (Å²) in [7, 11) is 1.25. The maximum atomic E-state index is 12.1. The molecule has 20 heavy (non-hydrogen) atoms. The number of amides is 1. The number of rotatable bonds is 4. The first-order valence-electron chi connectivity index (χ1n) is 6.73. The minimum Gasteiger partial charge on any atom is -0.467 e. The van der Waals surface area contributed by atoms with E-state index in [1.165, 1.54) is 12.0 Å². The molecule has 1 aliphatic rings. The molecule has 0 bridgehead atoms. The van der Waals surface area contributed by atoms with Crippen LogP contribution < -0.4 is 0 Å². The number of ether oxygens (including phenoxy) is 2. The molecule has 6 heteroatoms. The van der Waals surface area contributed by atoms with Crippen LogP contribution in [0.3, 0.4) is 0 Å². The first kappa shape index (κ1) is 12.9. The molecule has 0 saturated carbocycles. The van der Waals surface area contributed by atoms with Gasteiger partial charge in [-0.05, 0) is 5.56 Å². The van der Waals surface area contributed by atoms with Gasteiger partial charge in [0.25, 0.3) is 0 Å². The molecule has 6 nitrogen and oxygen atoms in total. The third-order valence-electron chi connectivity index (χ3n) is 3.18. The van der Waals surface area contributed by atoms with Gasteiger partial charge in [0.1, 0.15) is 12.6 Å². The van der Waals surface area contributed by atoms with Crippen molar-refractivity contribution in [3.05, 3.63) is 35.9 Å². The van der Waals surface area contributed by atoms with Crippen molar-refractivity contribution < 1.29 is 24.2 Å². The van der Waals surface area contributed by atoms with Crippen molar-refractivity contribution in [3.8, 4) is 0 Å². The van der Waals surface area contributed by atoms with Gasteiger partial charge >= 0.3 is 12.1 Å². The number of esters is 1. The van der Waals surface area contributed by atoms with E-state index in [0.717, 1.165) is 5.56 Å². The van der Waals surface area contributed by atoms with Gasteiger partial charge < -0.3 is 14.6 Å². The Morgan fingerprint density at radius 3 is 2.85 bits per heavy atom. The Hall–Kier alpha value is -2.08. The number of hydrogen-bond donors (Lipinski definition) is 1. The number of hydrogen-bond acceptors (Lipinski definition) is 5. The van der Waals surface area contributed by atoms with Crippen LogP contribution in [0.1, 0.15) is 12.0 Å². The monoisotopic (exact) mass is 280 g/mol. The zero-order valence-electron chi connectivity index (χ0n) is 12.2. The average Bonchev–Trinajstić information content (AvgIpc) is 2.97. The van der Waals surface area contributed by atoms with E-state index < -0.39 is 24.2 Å². The van der Waals surface area contributed by atoms with Crippen molar-refractivity contribution in [2.45, 2.75) is 25.2 Å². The molecule has 2 atom stereocenters. The van der Waals surface area contributed by atoms with Crippen molar-refractivity contribution in [1.82, 2.24) is 4.90 Å². The molecule has 108 valence electrons. The second-order valence-electron chi connectivity index (χ2n) is 4.59. The molecular weight excluding hydrogens is 262 g/mol. The summed E-state index contributed by atoms with van der Waals surface area (Å²) < 4.78 is 16.8. The maximum Gasteiger partial charge on any atom is 0.410 e. The lowest BCUT2D eigenvalue weighted by molar-refractivity contribution is -0.145. The number of aliphatic hydroxyl groups excluding tert-OH is 1. The molecule has 0 spiro atoms. The fourth-order valence-corrected chi connectivity index (χ4v) is 2.16. The van der Waals surface area contributed by atoms with Crippen LogP contribution in [0.5, 0.6) is 0 Å². The Morgan fingerprint density at radius 2 is 2.20 bits per heavy atom. The van der Waals surface area contributed by atoms with Crippen molar-refractivity contribution in [2.24, 2.45) is 0 Å². The van der Waals surface area contributed by atoms with E-state index in [2.05, 4.69) is 9.85 Å². The number of carbonyl (C=O) groups excluding carboxylic acids is 2. The summed E-state index contributed by atoms with van der Waals surface area (Å²) in [5.74, 6) is -0.536. The molecule has 1 aromatic carbocycles. The molecule has 0 unspecified atom stereocenters. The van der Waals surface area contributed by atoms with Crippen LogP contribution in [0.25, 0.3) is 0 Å². The van der Waals surface area contributed by atoms with Crippen LogP contribution in [0.2, 0.25) is 0 Å². The van der Waals surface area contributed by atoms with Gasteiger partial charge in [0.05, 0.1) is 19.8 Å². The number of aliphatic hydroxyl groups is 1. The number of nitrogens with zero attached hydrogens (tertiary/aromatic N) is 1. The van der Waals surface area contributed by atoms with Crippen LogP contribution in [-0.2, 0) is 20.9 Å². The molecule has 1 fully saturated rings. The summed E-state index contributed by atoms with van der Waals surface area (Å²) in [4.78, 5) is 25.0. The Bertz CT molecular complexity index is 495. The van der Waals surface area contributed by atoms with E-state index in [0.29, 0.717) is 0 Å². The van der Waals surface area contributed by atoms with Gasteiger partial charge in [-0.3, -0.25) is 4.90 Å². The first-order chi connectivity index (χ1) is 10.2. The zero-order chi connectivity index (χ0) is 15.2. The van der Waals surface area contributed by atoms with E-state index >= 15 is 0 Å². The normalized spacial score (nSPS) is 22.2. The smallest absolute Gasteiger partial charge is 0.410 e. The van der Waals surface area contributed by atoms with E-state index in [9.17, 15) is 9.59 Å². The summed E-state index contributed by atoms with van der Waals surface area (Å²) in [5, 5.41) is 4.47. The van der Waals surface area contributed by atoms with Gasteiger partial charge in [0.15, 0.2) is 0 Å². The molecule has 1 amide bonds. The molecule has 1 saturated heterocycles. The third-order valence-corrected chi connectivity index (χ3v) is 3.18. The van der Waals surface area contributed by atoms with Crippen LogP contribution in [0, 0.1) is 0 Å². The molecule has 0 aliphatic carbocycles. The van der Waals surface area contributed by atoms with Crippen molar-refractivity contribution >= 4 is 12.1 Å². The number of benzene rings is 1. The first-order valence-corrected chi connectivity index (χ1v) is 6.32. The Balaban J connectivity index is 1.97. The Labute approximate surface area is 118 Å². The number of methoxy groups -OCH3 is 1. The highest BCUT2D eigenvalue weighted by Gasteiger charge is 2.40. The standard InChI is InChI=1S/C14H17NO5/c1-19-13(17)12-7-11(16)8-15(12)14(18)20-9-10-5-3-2-4-6-10/h2-6,11-12,16H,7-9H2,1H3/t11-,12-/m0/s1/i16D. The molecule has 1 N–H and O–H groups in total. The molecule has 1 aromatic rings. The number of carbonyl (C=O) groups is 2. The highest BCUT2D eigenvalue weighted by atomic mass is 16.6. The minimum atomic E-state index is -0.770. The summed E-state index contributed by atoms with van der Waals surface area (Å²) in [6, 6.07) is 8.47. The molecular formula is C14H17NO5. The van der Waals surface area contributed by atoms with Gasteiger partial charge in [0.2, 0.25) is 1.43 Å². The van der Waals surface area contributed by atoms with Crippen LogP contribution in [-0.4, -0.2) is 49.3 Å². The zero-order valence-corrected chi connectivity index (χ0v) is 11.2. The predicted molar refractivity (Wildman–Crippen MR) is 69.8 cm³/mol. The van der Waals surface area contributed by atoms with Gasteiger partial charge in [0, 0.05) is 6.42 Å². The largest absolute Gasteiger partial charge is 0.467 e. The summed E-state index contributed by atoms with van der Waals surface area (Å²) in [5.41, 5.74) is 0.855. The molecule has 0 radical (unpaired) electrons. The van der Waals surface area contributed by atoms with Crippen LogP contribution in [0.4, 0.5) is 4.79 Å². The van der Waals surface area contributed by atoms with Gasteiger partial charge in [-0.15, -0.1) is 0 Å². The van der Waals surface area contributed by atoms with Crippen molar-refractivity contribution in [1.29, 1.82) is 1.43 Å². The van der Waals surface area contributed by atoms with E-state index in [1.807, 2.05) is 30.3 Å². The molecule has 2 rings (SSSR count). The lowest BCUT2D eigenvalue weighted by atomic mass is 10.2. The fraction of sp³-hybridized carbons (Fsp3) is 0.429. The van der Waals surface area contributed by atoms with Gasteiger partial charge in [-0.1, -0.05) is 30.3 Å². The fourth-order valence-electron chi connectivity index (χ4n) is 2.16. The maximum absolute atomic E-state index is 12.1. The van der Waals surface area contributed by atoms with Crippen LogP contribution in [0.15, 0.2) is 30.3 Å². The Morgan fingerprint density at radius 1 is 1.45 bits per heavy atom. The average molecular weight is 280 g/mol. The molecule has 1 aliphatic heterocycles. The minimum absolute atomic E-state index is 0.121. The lowest BCUT2D eigenvalue weighted by Gasteiger charge is -2.21. The Kier molecular flexibility index (Phi) is 4.13. The second-order valence-corrected chi connectivity index (χ2v) is 4.59. The van der Waals surface area contributed by atoms with Crippen LogP contribution >= 0.6 is 0 Å². The molecule has 0 aromatic heterocycles. The third kappa shape index (κ3) is 3.27. The lowest BCUT2D eigenvalue weighted by Crippen LogP contribution is -2.41. The van der Waals surface area contributed by atoms with Crippen molar-refractivity contribution in [2.75, 3.05) is 13.7 Å². The number of likely N-dealkylation sites (tertiary alicyclic amines) is 1. The second kappa shape index (κ2) is 6.38. The van der Waals surface area contributed by atoms with E-state index in [4.69, 9.17) is 6.17 Å². The predicted octanol–water partition coefficient (Wildman–Crippen LogP) is 0.931. The summed E-state index contributed by atoms with van der Waals surface area (Å²) in [6.45, 7) is 0.257.